The van der Waals surface area contributed by atoms with E-state index in [1.54, 1.807) is 12.1 Å². The highest BCUT2D eigenvalue weighted by atomic mass is 19.1. The quantitative estimate of drug-likeness (QED) is 0.422. The third-order valence-electron chi connectivity index (χ3n) is 6.02. The number of aldehydes is 1. The van der Waals surface area contributed by atoms with Crippen LogP contribution >= 0.6 is 0 Å². The maximum atomic E-state index is 14.5. The number of amides is 1. The molecular weight excluding hydrogens is 428 g/mol. The summed E-state index contributed by atoms with van der Waals surface area (Å²) in [5.41, 5.74) is 3.71. The van der Waals surface area contributed by atoms with Gasteiger partial charge in [0.15, 0.2) is 6.29 Å². The van der Waals surface area contributed by atoms with E-state index in [4.69, 9.17) is 4.74 Å². The van der Waals surface area contributed by atoms with Gasteiger partial charge in [-0.15, -0.1) is 0 Å². The first-order valence-corrected chi connectivity index (χ1v) is 11.1. The molecule has 178 valence electrons. The molecule has 6 nitrogen and oxygen atoms in total. The van der Waals surface area contributed by atoms with Gasteiger partial charge in [0.25, 0.3) is 5.91 Å². The zero-order chi connectivity index (χ0) is 24.0. The number of likely N-dealkylation sites (N-methyl/N-ethyl adjacent to an activating group) is 1. The Bertz CT molecular complexity index is 1010. The van der Waals surface area contributed by atoms with Gasteiger partial charge in [-0.3, -0.25) is 14.5 Å². The van der Waals surface area contributed by atoms with Crippen molar-refractivity contribution in [3.63, 3.8) is 0 Å². The minimum atomic E-state index is -0.852. The van der Waals surface area contributed by atoms with Crippen LogP contribution in [0.5, 0.6) is 5.75 Å². The van der Waals surface area contributed by atoms with Gasteiger partial charge in [-0.1, -0.05) is 6.07 Å². The Morgan fingerprint density at radius 1 is 1.30 bits per heavy atom. The van der Waals surface area contributed by atoms with Crippen LogP contribution < -0.4 is 15.4 Å². The van der Waals surface area contributed by atoms with Crippen molar-refractivity contribution in [2.45, 2.75) is 32.5 Å². The molecule has 1 atom stereocenters. The Labute approximate surface area is 193 Å². The molecule has 2 aromatic rings. The van der Waals surface area contributed by atoms with Gasteiger partial charge in [0.2, 0.25) is 0 Å². The Morgan fingerprint density at radius 2 is 2.09 bits per heavy atom. The number of halogens is 2. The van der Waals surface area contributed by atoms with Gasteiger partial charge in [0.05, 0.1) is 11.1 Å². The molecule has 1 heterocycles. The van der Waals surface area contributed by atoms with Crippen LogP contribution in [-0.4, -0.2) is 63.6 Å². The Morgan fingerprint density at radius 3 is 2.70 bits per heavy atom. The van der Waals surface area contributed by atoms with Gasteiger partial charge >= 0.3 is 0 Å². The first-order chi connectivity index (χ1) is 15.9. The van der Waals surface area contributed by atoms with E-state index in [0.717, 1.165) is 23.0 Å². The molecule has 1 fully saturated rings. The highest BCUT2D eigenvalue weighted by Gasteiger charge is 2.25. The van der Waals surface area contributed by atoms with E-state index in [-0.39, 0.29) is 5.56 Å². The molecule has 3 rings (SSSR count). The summed E-state index contributed by atoms with van der Waals surface area (Å²) >= 11 is 0. The van der Waals surface area contributed by atoms with Crippen molar-refractivity contribution in [3.8, 4) is 5.75 Å². The minimum absolute atomic E-state index is 0.0182. The molecule has 0 bridgehead atoms. The Hall–Kier alpha value is -2.84. The number of benzene rings is 2. The number of rotatable bonds is 10. The van der Waals surface area contributed by atoms with E-state index < -0.39 is 17.9 Å². The SMILES string of the molecule is CNCCOc1c(C=O)cc(Cc2ccc(C(=O)NC)c(F)c2)c(C)c1CN1CCC(F)C1. The molecule has 1 aliphatic rings. The van der Waals surface area contributed by atoms with Gasteiger partial charge in [-0.25, -0.2) is 8.78 Å². The lowest BCUT2D eigenvalue weighted by atomic mass is 9.92. The first kappa shape index (κ1) is 24.8. The molecule has 33 heavy (non-hydrogen) atoms. The number of likely N-dealkylation sites (tertiary alicyclic amines) is 1. The molecule has 1 unspecified atom stereocenters. The second-order valence-electron chi connectivity index (χ2n) is 8.32. The number of ether oxygens (including phenoxy) is 1. The second kappa shape index (κ2) is 11.3. The summed E-state index contributed by atoms with van der Waals surface area (Å²) in [4.78, 5) is 25.8. The van der Waals surface area contributed by atoms with Crippen LogP contribution in [0, 0.1) is 12.7 Å². The van der Waals surface area contributed by atoms with Crippen molar-refractivity contribution in [1.29, 1.82) is 0 Å². The van der Waals surface area contributed by atoms with Crippen LogP contribution in [0.25, 0.3) is 0 Å². The largest absolute Gasteiger partial charge is 0.491 e. The topological polar surface area (TPSA) is 70.7 Å². The number of carbonyl (C=O) groups is 2. The highest BCUT2D eigenvalue weighted by Crippen LogP contribution is 2.33. The molecule has 0 saturated carbocycles. The highest BCUT2D eigenvalue weighted by molar-refractivity contribution is 5.94. The second-order valence-corrected chi connectivity index (χ2v) is 8.32. The number of nitrogens with one attached hydrogen (secondary N) is 2. The predicted molar refractivity (Wildman–Crippen MR) is 123 cm³/mol. The molecule has 0 spiro atoms. The van der Waals surface area contributed by atoms with Crippen molar-refractivity contribution < 1.29 is 23.1 Å². The molecule has 0 aliphatic carbocycles. The van der Waals surface area contributed by atoms with Gasteiger partial charge in [-0.2, -0.15) is 0 Å². The fraction of sp³-hybridized carbons (Fsp3) is 0.440. The smallest absolute Gasteiger partial charge is 0.253 e. The van der Waals surface area contributed by atoms with Gasteiger partial charge in [0, 0.05) is 38.8 Å². The van der Waals surface area contributed by atoms with E-state index in [1.807, 2.05) is 18.9 Å². The van der Waals surface area contributed by atoms with Crippen molar-refractivity contribution in [3.05, 3.63) is 63.5 Å². The molecule has 2 N–H and O–H groups in total. The van der Waals surface area contributed by atoms with E-state index in [1.165, 1.54) is 19.2 Å². The van der Waals surface area contributed by atoms with E-state index in [0.29, 0.717) is 62.5 Å². The maximum absolute atomic E-state index is 14.5. The van der Waals surface area contributed by atoms with Gasteiger partial charge in [-0.05, 0) is 61.7 Å². The van der Waals surface area contributed by atoms with E-state index in [9.17, 15) is 18.4 Å². The van der Waals surface area contributed by atoms with Crippen LogP contribution in [0.1, 0.15) is 49.4 Å². The monoisotopic (exact) mass is 459 g/mol. The molecule has 0 aromatic heterocycles. The minimum Gasteiger partial charge on any atom is -0.491 e. The maximum Gasteiger partial charge on any atom is 0.253 e. The average molecular weight is 460 g/mol. The molecule has 1 amide bonds. The summed E-state index contributed by atoms with van der Waals surface area (Å²) in [6.45, 7) is 4.42. The van der Waals surface area contributed by atoms with Crippen LogP contribution in [0.4, 0.5) is 8.78 Å². The van der Waals surface area contributed by atoms with Crippen LogP contribution in [0.3, 0.4) is 0 Å². The predicted octanol–water partition coefficient (Wildman–Crippen LogP) is 3.04. The van der Waals surface area contributed by atoms with Crippen molar-refractivity contribution in [2.75, 3.05) is 40.3 Å². The fourth-order valence-corrected chi connectivity index (χ4v) is 4.15. The molecule has 1 aliphatic heterocycles. The summed E-state index contributed by atoms with van der Waals surface area (Å²) in [7, 11) is 3.27. The summed E-state index contributed by atoms with van der Waals surface area (Å²) in [6.07, 6.45) is 0.784. The van der Waals surface area contributed by atoms with Crippen molar-refractivity contribution in [2.24, 2.45) is 0 Å². The normalized spacial score (nSPS) is 16.1. The lowest BCUT2D eigenvalue weighted by molar-refractivity contribution is 0.0958. The fourth-order valence-electron chi connectivity index (χ4n) is 4.15. The summed E-state index contributed by atoms with van der Waals surface area (Å²) in [6, 6.07) is 6.28. The Kier molecular flexibility index (Phi) is 8.52. The van der Waals surface area contributed by atoms with Crippen LogP contribution in [-0.2, 0) is 13.0 Å². The number of nitrogens with zero attached hydrogens (tertiary/aromatic N) is 1. The third kappa shape index (κ3) is 5.94. The molecular formula is C25H31F2N3O3. The first-order valence-electron chi connectivity index (χ1n) is 11.1. The lowest BCUT2D eigenvalue weighted by Crippen LogP contribution is -2.23. The van der Waals surface area contributed by atoms with Crippen LogP contribution in [0.15, 0.2) is 24.3 Å². The number of hydrogen-bond donors (Lipinski definition) is 2. The molecule has 2 aromatic carbocycles. The van der Waals surface area contributed by atoms with Crippen molar-refractivity contribution >= 4 is 12.2 Å². The molecule has 8 heteroatoms. The summed E-state index contributed by atoms with van der Waals surface area (Å²) < 4.78 is 34.2. The van der Waals surface area contributed by atoms with E-state index in [2.05, 4.69) is 10.6 Å². The number of hydrogen-bond acceptors (Lipinski definition) is 5. The summed E-state index contributed by atoms with van der Waals surface area (Å²) in [5.74, 6) is -0.566. The Balaban J connectivity index is 1.97. The molecule has 0 radical (unpaired) electrons. The average Bonchev–Trinajstić information content (AvgIpc) is 3.22. The van der Waals surface area contributed by atoms with E-state index >= 15 is 0 Å². The number of carbonyl (C=O) groups excluding carboxylic acids is 2. The molecule has 1 saturated heterocycles. The van der Waals surface area contributed by atoms with Crippen LogP contribution in [0.2, 0.25) is 0 Å². The van der Waals surface area contributed by atoms with Gasteiger partial charge in [0.1, 0.15) is 24.3 Å². The number of alkyl halides is 1. The summed E-state index contributed by atoms with van der Waals surface area (Å²) in [5, 5.41) is 5.44. The zero-order valence-corrected chi connectivity index (χ0v) is 19.3. The van der Waals surface area contributed by atoms with Crippen molar-refractivity contribution in [1.82, 2.24) is 15.5 Å². The zero-order valence-electron chi connectivity index (χ0n) is 19.3. The lowest BCUT2D eigenvalue weighted by Gasteiger charge is -2.23. The van der Waals surface area contributed by atoms with Gasteiger partial charge < -0.3 is 15.4 Å². The third-order valence-corrected chi connectivity index (χ3v) is 6.02. The standard InChI is InChI=1S/C25H31F2N3O3/c1-16-18(10-17-4-5-21(23(27)11-17)25(32)29-3)12-19(15-31)24(33-9-7-28-2)22(16)14-30-8-6-20(26)13-30/h4-5,11-12,15,20,28H,6-10,13-14H2,1-3H3,(H,29,32).